The fourth-order valence-electron chi connectivity index (χ4n) is 1.80. The number of nitrogens with zero attached hydrogens (tertiary/aromatic N) is 2. The molecule has 2 rings (SSSR count). The van der Waals surface area contributed by atoms with Crippen LogP contribution in [0.3, 0.4) is 0 Å². The van der Waals surface area contributed by atoms with E-state index in [1.807, 2.05) is 12.3 Å². The summed E-state index contributed by atoms with van der Waals surface area (Å²) in [4.78, 5) is 6.66. The smallest absolute Gasteiger partial charge is 0.128 e. The Kier molecular flexibility index (Phi) is 4.13. The van der Waals surface area contributed by atoms with Gasteiger partial charge in [-0.05, 0) is 24.1 Å². The monoisotopic (exact) mass is 222 g/mol. The molecule has 0 bridgehead atoms. The van der Waals surface area contributed by atoms with Gasteiger partial charge in [-0.3, -0.25) is 0 Å². The molecule has 88 valence electrons. The van der Waals surface area contributed by atoms with Gasteiger partial charge in [-0.25, -0.2) is 4.98 Å². The van der Waals surface area contributed by atoms with E-state index >= 15 is 0 Å². The van der Waals surface area contributed by atoms with E-state index in [1.165, 1.54) is 5.56 Å². The molecule has 1 fully saturated rings. The van der Waals surface area contributed by atoms with Crippen LogP contribution in [0.2, 0.25) is 0 Å². The van der Waals surface area contributed by atoms with Gasteiger partial charge in [-0.2, -0.15) is 0 Å². The van der Waals surface area contributed by atoms with Crippen molar-refractivity contribution in [3.63, 3.8) is 0 Å². The highest BCUT2D eigenvalue weighted by atomic mass is 16.5. The molecule has 1 saturated heterocycles. The second-order valence-electron chi connectivity index (χ2n) is 3.86. The van der Waals surface area contributed by atoms with E-state index in [2.05, 4.69) is 16.0 Å². The van der Waals surface area contributed by atoms with Crippen molar-refractivity contribution in [3.8, 4) is 0 Å². The molecule has 0 amide bonds. The average molecular weight is 222 g/mol. The third-order valence-corrected chi connectivity index (χ3v) is 2.74. The first kappa shape index (κ1) is 11.4. The number of aromatic nitrogens is 1. The number of hydrogen-bond acceptors (Lipinski definition) is 4. The second kappa shape index (κ2) is 5.82. The van der Waals surface area contributed by atoms with Crippen molar-refractivity contribution in [2.75, 3.05) is 44.9 Å². The lowest BCUT2D eigenvalue weighted by Gasteiger charge is -2.28. The maximum atomic E-state index is 5.33. The molecular weight excluding hydrogens is 204 g/mol. The van der Waals surface area contributed by atoms with E-state index in [4.69, 9.17) is 9.47 Å². The lowest BCUT2D eigenvalue weighted by molar-refractivity contribution is 0.122. The minimum Gasteiger partial charge on any atom is -0.384 e. The SMILES string of the molecule is COCCc1ccnc(N2CCOCC2)c1. The molecule has 1 aromatic heterocycles. The molecule has 0 saturated carbocycles. The van der Waals surface area contributed by atoms with Crippen LogP contribution in [0.15, 0.2) is 18.3 Å². The van der Waals surface area contributed by atoms with Crippen LogP contribution in [0.5, 0.6) is 0 Å². The number of anilines is 1. The molecule has 1 aromatic rings. The largest absolute Gasteiger partial charge is 0.384 e. The first-order chi connectivity index (χ1) is 7.90. The summed E-state index contributed by atoms with van der Waals surface area (Å²) >= 11 is 0. The molecule has 4 heteroatoms. The molecule has 1 aliphatic heterocycles. The number of hydrogen-bond donors (Lipinski definition) is 0. The topological polar surface area (TPSA) is 34.6 Å². The Morgan fingerprint density at radius 3 is 3.00 bits per heavy atom. The molecule has 0 unspecified atom stereocenters. The van der Waals surface area contributed by atoms with Crippen LogP contribution in [0.25, 0.3) is 0 Å². The molecule has 2 heterocycles. The summed E-state index contributed by atoms with van der Waals surface area (Å²) in [6.07, 6.45) is 2.81. The van der Waals surface area contributed by atoms with Gasteiger partial charge in [0.15, 0.2) is 0 Å². The van der Waals surface area contributed by atoms with E-state index in [1.54, 1.807) is 7.11 Å². The molecular formula is C12H18N2O2. The average Bonchev–Trinajstić information content (AvgIpc) is 2.38. The molecule has 0 atom stereocenters. The van der Waals surface area contributed by atoms with Gasteiger partial charge in [0.25, 0.3) is 0 Å². The minimum atomic E-state index is 0.757. The van der Waals surface area contributed by atoms with E-state index in [0.29, 0.717) is 0 Å². The first-order valence-corrected chi connectivity index (χ1v) is 5.67. The fourth-order valence-corrected chi connectivity index (χ4v) is 1.80. The van der Waals surface area contributed by atoms with E-state index in [9.17, 15) is 0 Å². The van der Waals surface area contributed by atoms with Crippen LogP contribution in [-0.2, 0) is 15.9 Å². The lowest BCUT2D eigenvalue weighted by atomic mass is 10.2. The number of ether oxygens (including phenoxy) is 2. The van der Waals surface area contributed by atoms with Gasteiger partial charge in [0, 0.05) is 26.4 Å². The van der Waals surface area contributed by atoms with E-state index in [0.717, 1.165) is 45.1 Å². The maximum Gasteiger partial charge on any atom is 0.128 e. The zero-order chi connectivity index (χ0) is 11.2. The molecule has 0 spiro atoms. The van der Waals surface area contributed by atoms with E-state index in [-0.39, 0.29) is 0 Å². The third kappa shape index (κ3) is 2.93. The Morgan fingerprint density at radius 2 is 2.25 bits per heavy atom. The Morgan fingerprint density at radius 1 is 1.44 bits per heavy atom. The standard InChI is InChI=1S/C12H18N2O2/c1-15-7-3-11-2-4-13-12(10-11)14-5-8-16-9-6-14/h2,4,10H,3,5-9H2,1H3. The van der Waals surface area contributed by atoms with Crippen molar-refractivity contribution in [3.05, 3.63) is 23.9 Å². The van der Waals surface area contributed by atoms with Crippen molar-refractivity contribution >= 4 is 5.82 Å². The Hall–Kier alpha value is -1.13. The molecule has 4 nitrogen and oxygen atoms in total. The van der Waals surface area contributed by atoms with Crippen molar-refractivity contribution in [1.82, 2.24) is 4.98 Å². The molecule has 1 aliphatic rings. The van der Waals surface area contributed by atoms with Crippen LogP contribution >= 0.6 is 0 Å². The number of rotatable bonds is 4. The predicted molar refractivity (Wildman–Crippen MR) is 62.8 cm³/mol. The van der Waals surface area contributed by atoms with Crippen LogP contribution in [0.4, 0.5) is 5.82 Å². The quantitative estimate of drug-likeness (QED) is 0.764. The summed E-state index contributed by atoms with van der Waals surface area (Å²) in [7, 11) is 1.73. The highest BCUT2D eigenvalue weighted by Crippen LogP contribution is 2.14. The predicted octanol–water partition coefficient (Wildman–Crippen LogP) is 1.11. The summed E-state index contributed by atoms with van der Waals surface area (Å²) in [5.41, 5.74) is 1.28. The summed E-state index contributed by atoms with van der Waals surface area (Å²) < 4.78 is 10.4. The van der Waals surface area contributed by atoms with E-state index < -0.39 is 0 Å². The van der Waals surface area contributed by atoms with Crippen molar-refractivity contribution in [2.45, 2.75) is 6.42 Å². The molecule has 0 radical (unpaired) electrons. The highest BCUT2D eigenvalue weighted by molar-refractivity contribution is 5.41. The third-order valence-electron chi connectivity index (χ3n) is 2.74. The Labute approximate surface area is 96.2 Å². The van der Waals surface area contributed by atoms with Crippen LogP contribution < -0.4 is 4.90 Å². The Bertz CT molecular complexity index is 325. The first-order valence-electron chi connectivity index (χ1n) is 5.67. The summed E-state index contributed by atoms with van der Waals surface area (Å²) in [6.45, 7) is 4.21. The zero-order valence-corrected chi connectivity index (χ0v) is 9.69. The van der Waals surface area contributed by atoms with Gasteiger partial charge >= 0.3 is 0 Å². The van der Waals surface area contributed by atoms with Gasteiger partial charge < -0.3 is 14.4 Å². The fraction of sp³-hybridized carbons (Fsp3) is 0.583. The number of methoxy groups -OCH3 is 1. The number of morpholine rings is 1. The van der Waals surface area contributed by atoms with Gasteiger partial charge in [-0.15, -0.1) is 0 Å². The minimum absolute atomic E-state index is 0.757. The van der Waals surface area contributed by atoms with Gasteiger partial charge in [0.2, 0.25) is 0 Å². The van der Waals surface area contributed by atoms with Crippen LogP contribution in [0, 0.1) is 0 Å². The lowest BCUT2D eigenvalue weighted by Crippen LogP contribution is -2.36. The summed E-state index contributed by atoms with van der Waals surface area (Å²) in [5, 5.41) is 0. The molecule has 16 heavy (non-hydrogen) atoms. The Balaban J connectivity index is 2.02. The molecule has 0 N–H and O–H groups in total. The van der Waals surface area contributed by atoms with Crippen molar-refractivity contribution in [1.29, 1.82) is 0 Å². The maximum absolute atomic E-state index is 5.33. The van der Waals surface area contributed by atoms with Crippen molar-refractivity contribution in [2.24, 2.45) is 0 Å². The number of pyridine rings is 1. The second-order valence-corrected chi connectivity index (χ2v) is 3.86. The zero-order valence-electron chi connectivity index (χ0n) is 9.69. The normalized spacial score (nSPS) is 16.4. The summed E-state index contributed by atoms with van der Waals surface area (Å²) in [5.74, 6) is 1.05. The van der Waals surface area contributed by atoms with Gasteiger partial charge in [0.05, 0.1) is 19.8 Å². The molecule has 0 aliphatic carbocycles. The highest BCUT2D eigenvalue weighted by Gasteiger charge is 2.12. The van der Waals surface area contributed by atoms with Crippen LogP contribution in [-0.4, -0.2) is 45.0 Å². The van der Waals surface area contributed by atoms with Gasteiger partial charge in [-0.1, -0.05) is 0 Å². The molecule has 0 aromatic carbocycles. The van der Waals surface area contributed by atoms with Crippen LogP contribution in [0.1, 0.15) is 5.56 Å². The summed E-state index contributed by atoms with van der Waals surface area (Å²) in [6, 6.07) is 4.19. The van der Waals surface area contributed by atoms with Gasteiger partial charge in [0.1, 0.15) is 5.82 Å². The van der Waals surface area contributed by atoms with Crippen molar-refractivity contribution < 1.29 is 9.47 Å².